The van der Waals surface area contributed by atoms with Gasteiger partial charge < -0.3 is 5.32 Å². The average Bonchev–Trinajstić information content (AvgIpc) is 2.78. The summed E-state index contributed by atoms with van der Waals surface area (Å²) in [6.45, 7) is 3.51. The number of hydrogen-bond donors (Lipinski definition) is 1. The summed E-state index contributed by atoms with van der Waals surface area (Å²) >= 11 is 0. The molecule has 1 amide bonds. The van der Waals surface area contributed by atoms with E-state index in [4.69, 9.17) is 0 Å². The molecule has 5 nitrogen and oxygen atoms in total. The Hall–Kier alpha value is -3.03. The third kappa shape index (κ3) is 6.24. The van der Waals surface area contributed by atoms with Crippen LogP contribution in [0.15, 0.2) is 83.8 Å². The third-order valence-corrected chi connectivity index (χ3v) is 7.08. The molecule has 0 heterocycles. The van der Waals surface area contributed by atoms with Crippen LogP contribution in [0.5, 0.6) is 0 Å². The standard InChI is InChI=1S/C25H27FN2O3S/c1-19-8-14-24(15-9-19)32(30,31)28(17-16-21-6-4-3-5-7-21)18-25(29)27-20(2)22-10-12-23(26)13-11-22/h3-15,20H,16-18H2,1-2H3,(H,27,29)/t20-/m1/s1. The van der Waals surface area contributed by atoms with E-state index in [1.54, 1.807) is 43.3 Å². The Morgan fingerprint density at radius 2 is 1.59 bits per heavy atom. The predicted octanol–water partition coefficient (Wildman–Crippen LogP) is 4.24. The average molecular weight is 455 g/mol. The Bertz CT molecular complexity index is 1130. The van der Waals surface area contributed by atoms with Crippen LogP contribution in [0.2, 0.25) is 0 Å². The first-order valence-corrected chi connectivity index (χ1v) is 11.9. The van der Waals surface area contributed by atoms with Crippen molar-refractivity contribution < 1.29 is 17.6 Å². The Morgan fingerprint density at radius 1 is 0.969 bits per heavy atom. The first kappa shape index (κ1) is 23.6. The van der Waals surface area contributed by atoms with Crippen molar-refractivity contribution in [2.75, 3.05) is 13.1 Å². The molecular formula is C25H27FN2O3S. The lowest BCUT2D eigenvalue weighted by Gasteiger charge is -2.23. The zero-order valence-electron chi connectivity index (χ0n) is 18.2. The van der Waals surface area contributed by atoms with Crippen LogP contribution in [0.1, 0.15) is 29.7 Å². The van der Waals surface area contributed by atoms with Gasteiger partial charge in [-0.15, -0.1) is 0 Å². The zero-order chi connectivity index (χ0) is 23.1. The van der Waals surface area contributed by atoms with Crippen molar-refractivity contribution in [3.05, 3.63) is 101 Å². The largest absolute Gasteiger partial charge is 0.348 e. The van der Waals surface area contributed by atoms with Gasteiger partial charge in [0.15, 0.2) is 0 Å². The molecule has 7 heteroatoms. The molecule has 168 valence electrons. The number of halogens is 1. The highest BCUT2D eigenvalue weighted by Crippen LogP contribution is 2.18. The minimum Gasteiger partial charge on any atom is -0.348 e. The van der Waals surface area contributed by atoms with Gasteiger partial charge in [-0.25, -0.2) is 12.8 Å². The molecule has 0 fully saturated rings. The normalized spacial score (nSPS) is 12.5. The molecule has 0 aliphatic rings. The van der Waals surface area contributed by atoms with Crippen LogP contribution in [0.25, 0.3) is 0 Å². The Balaban J connectivity index is 1.77. The van der Waals surface area contributed by atoms with Crippen LogP contribution in [0, 0.1) is 12.7 Å². The van der Waals surface area contributed by atoms with Gasteiger partial charge in [-0.3, -0.25) is 4.79 Å². The summed E-state index contributed by atoms with van der Waals surface area (Å²) in [6, 6.07) is 21.6. The summed E-state index contributed by atoms with van der Waals surface area (Å²) in [5, 5.41) is 2.81. The minimum absolute atomic E-state index is 0.149. The number of sulfonamides is 1. The van der Waals surface area contributed by atoms with Crippen molar-refractivity contribution >= 4 is 15.9 Å². The summed E-state index contributed by atoms with van der Waals surface area (Å²) < 4.78 is 41.0. The van der Waals surface area contributed by atoms with Crippen LogP contribution >= 0.6 is 0 Å². The second-order valence-electron chi connectivity index (χ2n) is 7.73. The van der Waals surface area contributed by atoms with E-state index in [1.165, 1.54) is 16.4 Å². The van der Waals surface area contributed by atoms with Gasteiger partial charge in [0.2, 0.25) is 15.9 Å². The summed E-state index contributed by atoms with van der Waals surface area (Å²) in [5.74, 6) is -0.783. The summed E-state index contributed by atoms with van der Waals surface area (Å²) in [6.07, 6.45) is 0.479. The molecule has 0 saturated heterocycles. The fraction of sp³-hybridized carbons (Fsp3) is 0.240. The number of nitrogens with one attached hydrogen (secondary N) is 1. The molecular weight excluding hydrogens is 427 g/mol. The van der Waals surface area contributed by atoms with Crippen molar-refractivity contribution in [2.24, 2.45) is 0 Å². The minimum atomic E-state index is -3.87. The first-order valence-electron chi connectivity index (χ1n) is 10.4. The van der Waals surface area contributed by atoms with Gasteiger partial charge in [0.25, 0.3) is 0 Å². The van der Waals surface area contributed by atoms with Crippen LogP contribution in [0.4, 0.5) is 4.39 Å². The third-order valence-electron chi connectivity index (χ3n) is 5.22. The van der Waals surface area contributed by atoms with Crippen molar-refractivity contribution in [1.82, 2.24) is 9.62 Å². The smallest absolute Gasteiger partial charge is 0.243 e. The van der Waals surface area contributed by atoms with Crippen molar-refractivity contribution in [1.29, 1.82) is 0 Å². The molecule has 0 aliphatic heterocycles. The Labute approximate surface area is 188 Å². The molecule has 3 rings (SSSR count). The van der Waals surface area contributed by atoms with E-state index in [1.807, 2.05) is 37.3 Å². The highest BCUT2D eigenvalue weighted by molar-refractivity contribution is 7.89. The molecule has 3 aromatic rings. The second-order valence-corrected chi connectivity index (χ2v) is 9.67. The van der Waals surface area contributed by atoms with Crippen molar-refractivity contribution in [3.63, 3.8) is 0 Å². The Kier molecular flexibility index (Phi) is 7.77. The lowest BCUT2D eigenvalue weighted by molar-refractivity contribution is -0.121. The number of carbonyl (C=O) groups is 1. The monoisotopic (exact) mass is 454 g/mol. The van der Waals surface area contributed by atoms with Gasteiger partial charge in [0, 0.05) is 6.54 Å². The fourth-order valence-electron chi connectivity index (χ4n) is 3.32. The quantitative estimate of drug-likeness (QED) is 0.526. The number of amides is 1. The molecule has 3 aromatic carbocycles. The van der Waals surface area contributed by atoms with Gasteiger partial charge in [0.05, 0.1) is 17.5 Å². The molecule has 0 spiro atoms. The van der Waals surface area contributed by atoms with Gasteiger partial charge >= 0.3 is 0 Å². The number of hydrogen-bond acceptors (Lipinski definition) is 3. The lowest BCUT2D eigenvalue weighted by atomic mass is 10.1. The lowest BCUT2D eigenvalue weighted by Crippen LogP contribution is -2.42. The van der Waals surface area contributed by atoms with E-state index in [0.29, 0.717) is 6.42 Å². The maximum absolute atomic E-state index is 13.3. The van der Waals surface area contributed by atoms with Crippen LogP contribution in [-0.2, 0) is 21.2 Å². The molecule has 0 aliphatic carbocycles. The van der Waals surface area contributed by atoms with E-state index in [2.05, 4.69) is 5.32 Å². The zero-order valence-corrected chi connectivity index (χ0v) is 19.0. The predicted molar refractivity (Wildman–Crippen MR) is 123 cm³/mol. The number of aryl methyl sites for hydroxylation is 1. The fourth-order valence-corrected chi connectivity index (χ4v) is 4.72. The molecule has 0 bridgehead atoms. The molecule has 1 N–H and O–H groups in total. The molecule has 0 radical (unpaired) electrons. The first-order chi connectivity index (χ1) is 15.3. The SMILES string of the molecule is Cc1ccc(S(=O)(=O)N(CCc2ccccc2)CC(=O)N[C@H](C)c2ccc(F)cc2)cc1. The Morgan fingerprint density at radius 3 is 2.22 bits per heavy atom. The highest BCUT2D eigenvalue weighted by atomic mass is 32.2. The molecule has 0 aromatic heterocycles. The van der Waals surface area contributed by atoms with Gasteiger partial charge in [-0.2, -0.15) is 4.31 Å². The van der Waals surface area contributed by atoms with Crippen LogP contribution in [-0.4, -0.2) is 31.7 Å². The van der Waals surface area contributed by atoms with E-state index >= 15 is 0 Å². The number of nitrogens with zero attached hydrogens (tertiary/aromatic N) is 1. The van der Waals surface area contributed by atoms with E-state index in [-0.39, 0.29) is 29.8 Å². The number of benzene rings is 3. The van der Waals surface area contributed by atoms with E-state index in [9.17, 15) is 17.6 Å². The van der Waals surface area contributed by atoms with Crippen molar-refractivity contribution in [2.45, 2.75) is 31.2 Å². The van der Waals surface area contributed by atoms with E-state index in [0.717, 1.165) is 16.7 Å². The van der Waals surface area contributed by atoms with E-state index < -0.39 is 15.9 Å². The van der Waals surface area contributed by atoms with Crippen molar-refractivity contribution in [3.8, 4) is 0 Å². The van der Waals surface area contributed by atoms with Gasteiger partial charge in [0.1, 0.15) is 5.82 Å². The van der Waals surface area contributed by atoms with Gasteiger partial charge in [-0.1, -0.05) is 60.2 Å². The topological polar surface area (TPSA) is 66.5 Å². The maximum Gasteiger partial charge on any atom is 0.243 e. The molecule has 0 unspecified atom stereocenters. The number of carbonyl (C=O) groups excluding carboxylic acids is 1. The van der Waals surface area contributed by atoms with Crippen LogP contribution in [0.3, 0.4) is 0 Å². The molecule has 1 atom stereocenters. The molecule has 0 saturated carbocycles. The van der Waals surface area contributed by atoms with Gasteiger partial charge in [-0.05, 0) is 55.7 Å². The number of rotatable bonds is 9. The second kappa shape index (κ2) is 10.5. The molecule has 32 heavy (non-hydrogen) atoms. The maximum atomic E-state index is 13.3. The highest BCUT2D eigenvalue weighted by Gasteiger charge is 2.27. The summed E-state index contributed by atoms with van der Waals surface area (Å²) in [7, 11) is -3.87. The summed E-state index contributed by atoms with van der Waals surface area (Å²) in [4.78, 5) is 12.9. The van der Waals surface area contributed by atoms with Crippen LogP contribution < -0.4 is 5.32 Å². The summed E-state index contributed by atoms with van der Waals surface area (Å²) in [5.41, 5.74) is 2.67.